The largest absolute Gasteiger partial charge is 0.496 e. The molecule has 0 aliphatic rings. The van der Waals surface area contributed by atoms with E-state index in [4.69, 9.17) is 27.9 Å². The number of carbonyl (C=O) groups is 1. The Morgan fingerprint density at radius 3 is 2.38 bits per heavy atom. The van der Waals surface area contributed by atoms with E-state index in [1.165, 1.54) is 45.2 Å². The van der Waals surface area contributed by atoms with Crippen LogP contribution in [0, 0.1) is 17.5 Å². The molecule has 1 aromatic heterocycles. The van der Waals surface area contributed by atoms with E-state index in [1.807, 2.05) is 0 Å². The lowest BCUT2D eigenvalue weighted by molar-refractivity contribution is -0.532. The van der Waals surface area contributed by atoms with E-state index in [-0.39, 0.29) is 44.1 Å². The average Bonchev–Trinajstić information content (AvgIpc) is 3.03. The molecule has 1 heterocycles. The second-order valence-corrected chi connectivity index (χ2v) is 12.0. The van der Waals surface area contributed by atoms with Crippen molar-refractivity contribution in [2.24, 2.45) is 0 Å². The van der Waals surface area contributed by atoms with Crippen LogP contribution in [0.5, 0.6) is 5.75 Å². The third-order valence-corrected chi connectivity index (χ3v) is 8.28. The molecule has 0 aliphatic carbocycles. The smallest absolute Gasteiger partial charge is 0.450 e. The van der Waals surface area contributed by atoms with E-state index < -0.39 is 63.4 Å². The first-order valence-corrected chi connectivity index (χ1v) is 14.7. The molecule has 252 valence electrons. The Morgan fingerprint density at radius 2 is 1.77 bits per heavy atom. The molecule has 3 aromatic carbocycles. The van der Waals surface area contributed by atoms with Gasteiger partial charge in [-0.05, 0) is 61.9 Å². The number of hydrogen-bond donors (Lipinski definition) is 3. The van der Waals surface area contributed by atoms with Crippen molar-refractivity contribution in [3.05, 3.63) is 115 Å². The molecule has 1 amide bonds. The third-order valence-electron chi connectivity index (χ3n) is 7.42. The molecule has 3 N–H and O–H groups in total. The van der Waals surface area contributed by atoms with Crippen LogP contribution in [-0.2, 0) is 11.2 Å². The molecule has 0 unspecified atom stereocenters. The highest BCUT2D eigenvalue weighted by Gasteiger charge is 2.38. The molecular formula is C34H29Cl2F5N3O4+. The van der Waals surface area contributed by atoms with E-state index in [0.717, 1.165) is 36.5 Å². The summed E-state index contributed by atoms with van der Waals surface area (Å²) in [7, 11) is 1.28. The van der Waals surface area contributed by atoms with Crippen molar-refractivity contribution in [3.63, 3.8) is 0 Å². The lowest BCUT2D eigenvalue weighted by Crippen LogP contribution is -2.43. The minimum atomic E-state index is -2.96. The number of hydrogen-bond acceptors (Lipinski definition) is 5. The van der Waals surface area contributed by atoms with Gasteiger partial charge >= 0.3 is 6.55 Å². The van der Waals surface area contributed by atoms with Crippen LogP contribution in [0.3, 0.4) is 0 Å². The van der Waals surface area contributed by atoms with Gasteiger partial charge in [0.05, 0.1) is 35.0 Å². The number of halogens is 7. The molecular weight excluding hydrogens is 680 g/mol. The quantitative estimate of drug-likeness (QED) is 0.0670. The van der Waals surface area contributed by atoms with Gasteiger partial charge in [0, 0.05) is 27.1 Å². The Bertz CT molecular complexity index is 2040. The Kier molecular flexibility index (Phi) is 10.6. The fourth-order valence-corrected chi connectivity index (χ4v) is 5.21. The lowest BCUT2D eigenvalue weighted by Gasteiger charge is -2.31. The van der Waals surface area contributed by atoms with Crippen LogP contribution in [0.2, 0.25) is 10.0 Å². The molecule has 14 heteroatoms. The number of benzene rings is 3. The van der Waals surface area contributed by atoms with Crippen LogP contribution >= 0.6 is 23.2 Å². The van der Waals surface area contributed by atoms with Crippen molar-refractivity contribution in [1.29, 1.82) is 0 Å². The standard InChI is InChI=1S/C34H28Cl2F5N3O4/c1-17-19(15-44(4)32(40)41)11-18(12-25(17)48-5)31(45)42-16-34(47,20-7-6-8-21(37)13-20)26-14-23(33(2,3)46)29(39)30(43-26)22-9-10-24(38)28(36)27(22)35/h6-15,32,46-47H,1,4,16H2,2-3,5H3/p+1/b19-15-/t34-/m1/s1. The highest BCUT2D eigenvalue weighted by Crippen LogP contribution is 2.40. The van der Waals surface area contributed by atoms with Crippen LogP contribution in [0.25, 0.3) is 24.0 Å². The maximum Gasteiger partial charge on any atom is 0.450 e. The molecule has 0 bridgehead atoms. The fraction of sp³-hybridized carbons (Fsp3) is 0.206. The molecule has 0 fully saturated rings. The molecule has 0 saturated carbocycles. The summed E-state index contributed by atoms with van der Waals surface area (Å²) in [5.74, 6) is -3.52. The van der Waals surface area contributed by atoms with Crippen LogP contribution in [0.4, 0.5) is 22.0 Å². The van der Waals surface area contributed by atoms with Gasteiger partial charge in [-0.1, -0.05) is 41.9 Å². The van der Waals surface area contributed by atoms with Gasteiger partial charge in [-0.2, -0.15) is 4.58 Å². The summed E-state index contributed by atoms with van der Waals surface area (Å²) >= 11 is 12.3. The van der Waals surface area contributed by atoms with Crippen molar-refractivity contribution in [1.82, 2.24) is 10.3 Å². The minimum Gasteiger partial charge on any atom is -0.496 e. The summed E-state index contributed by atoms with van der Waals surface area (Å²) in [6, 6.07) is 10.3. The van der Waals surface area contributed by atoms with Gasteiger partial charge in [-0.15, -0.1) is 8.78 Å². The first kappa shape index (κ1) is 36.5. The van der Waals surface area contributed by atoms with Crippen LogP contribution < -0.4 is 20.5 Å². The number of alkyl halides is 2. The zero-order valence-corrected chi connectivity index (χ0v) is 27.2. The van der Waals surface area contributed by atoms with E-state index in [0.29, 0.717) is 4.58 Å². The van der Waals surface area contributed by atoms with Crippen molar-refractivity contribution in [2.75, 3.05) is 13.7 Å². The molecule has 0 saturated heterocycles. The monoisotopic (exact) mass is 708 g/mol. The lowest BCUT2D eigenvalue weighted by atomic mass is 9.86. The zero-order chi connectivity index (χ0) is 35.7. The van der Waals surface area contributed by atoms with Gasteiger partial charge in [0.25, 0.3) is 5.91 Å². The summed E-state index contributed by atoms with van der Waals surface area (Å²) in [5, 5.41) is 25.0. The normalized spacial score (nSPS) is 13.4. The number of methoxy groups -OCH3 is 1. The molecule has 7 nitrogen and oxygen atoms in total. The van der Waals surface area contributed by atoms with Crippen LogP contribution in [0.1, 0.15) is 41.0 Å². The van der Waals surface area contributed by atoms with Gasteiger partial charge in [-0.25, -0.2) is 18.2 Å². The first-order valence-electron chi connectivity index (χ1n) is 14.0. The SMILES string of the molecule is C=c1c(OC)cc(C(=O)NC[C@@](O)(c2cccc(F)c2)c2cc(C(C)(C)O)c(F)c(-c3ccc(F)c(Cl)c3Cl)n2)c/c1=C/[N+](=C)C(F)F. The Labute approximate surface area is 281 Å². The molecule has 0 aliphatic heterocycles. The number of amides is 1. The van der Waals surface area contributed by atoms with Gasteiger partial charge < -0.3 is 20.3 Å². The highest BCUT2D eigenvalue weighted by molar-refractivity contribution is 6.43. The number of aliphatic hydroxyl groups is 2. The third kappa shape index (κ3) is 7.36. The van der Waals surface area contributed by atoms with E-state index in [2.05, 4.69) is 23.6 Å². The fourth-order valence-electron chi connectivity index (χ4n) is 4.80. The van der Waals surface area contributed by atoms with Crippen LogP contribution in [0.15, 0.2) is 54.6 Å². The summed E-state index contributed by atoms with van der Waals surface area (Å²) in [6.45, 7) is 5.87. The number of aromatic nitrogens is 1. The molecule has 4 aromatic rings. The number of rotatable bonds is 10. The molecule has 1 atom stereocenters. The average molecular weight is 710 g/mol. The van der Waals surface area contributed by atoms with E-state index >= 15 is 4.39 Å². The Morgan fingerprint density at radius 1 is 1.08 bits per heavy atom. The Hall–Kier alpha value is -4.36. The molecule has 4 rings (SSSR count). The van der Waals surface area contributed by atoms with Gasteiger partial charge in [0.2, 0.25) is 0 Å². The number of nitrogens with zero attached hydrogens (tertiary/aromatic N) is 2. The summed E-state index contributed by atoms with van der Waals surface area (Å²) < 4.78 is 76.7. The van der Waals surface area contributed by atoms with E-state index in [9.17, 15) is 32.6 Å². The Balaban J connectivity index is 1.91. The van der Waals surface area contributed by atoms with Crippen molar-refractivity contribution in [2.45, 2.75) is 31.6 Å². The number of pyridine rings is 1. The van der Waals surface area contributed by atoms with Crippen LogP contribution in [-0.4, -0.2) is 52.6 Å². The number of ether oxygens (including phenoxy) is 1. The zero-order valence-electron chi connectivity index (χ0n) is 25.7. The summed E-state index contributed by atoms with van der Waals surface area (Å²) in [6.07, 6.45) is 0.963. The van der Waals surface area contributed by atoms with Gasteiger partial charge in [0.15, 0.2) is 12.0 Å². The summed E-state index contributed by atoms with van der Waals surface area (Å²) in [4.78, 5) is 17.8. The van der Waals surface area contributed by atoms with Crippen molar-refractivity contribution in [3.8, 4) is 17.0 Å². The maximum absolute atomic E-state index is 16.0. The minimum absolute atomic E-state index is 0.0738. The van der Waals surface area contributed by atoms with Gasteiger partial charge in [0.1, 0.15) is 35.4 Å². The predicted molar refractivity (Wildman–Crippen MR) is 172 cm³/mol. The number of carbonyl (C=O) groups excluding carboxylic acids is 1. The first-order chi connectivity index (χ1) is 22.4. The van der Waals surface area contributed by atoms with E-state index in [1.54, 1.807) is 0 Å². The van der Waals surface area contributed by atoms with Crippen molar-refractivity contribution >= 4 is 48.6 Å². The topological polar surface area (TPSA) is 94.7 Å². The second-order valence-electron chi connectivity index (χ2n) is 11.2. The summed E-state index contributed by atoms with van der Waals surface area (Å²) in [5.41, 5.74) is -6.03. The number of nitrogens with one attached hydrogen (secondary N) is 1. The molecule has 48 heavy (non-hydrogen) atoms. The molecule has 0 spiro atoms. The van der Waals surface area contributed by atoms with Gasteiger partial charge in [-0.3, -0.25) is 4.79 Å². The second kappa shape index (κ2) is 14.0. The maximum atomic E-state index is 16.0. The van der Waals surface area contributed by atoms with Crippen molar-refractivity contribution < 1.29 is 46.3 Å². The predicted octanol–water partition coefficient (Wildman–Crippen LogP) is 5.46. The molecule has 0 radical (unpaired) electrons. The highest BCUT2D eigenvalue weighted by atomic mass is 35.5.